The van der Waals surface area contributed by atoms with Gasteiger partial charge in [-0.2, -0.15) is 5.26 Å². The van der Waals surface area contributed by atoms with Crippen molar-refractivity contribution in [2.45, 2.75) is 25.9 Å². The largest absolute Gasteiger partial charge is 0.494 e. The number of hydrogen-bond donors (Lipinski definition) is 2. The first-order chi connectivity index (χ1) is 16.1. The van der Waals surface area contributed by atoms with E-state index >= 15 is 0 Å². The normalized spacial score (nSPS) is 15.4. The molecule has 0 spiro atoms. The molecule has 2 amide bonds. The molecule has 8 nitrogen and oxygen atoms in total. The van der Waals surface area contributed by atoms with E-state index in [4.69, 9.17) is 14.2 Å². The number of hydrogen-bond acceptors (Lipinski definition) is 6. The summed E-state index contributed by atoms with van der Waals surface area (Å²) in [5.41, 5.74) is 1.18. The SMILES string of the molecule is CCOc1ccc(NC(=O)C(C#N)=Cc2ccc(OCC(=O)NCC3CCCO3)cc2)cc1. The van der Waals surface area contributed by atoms with Gasteiger partial charge in [-0.05, 0) is 67.8 Å². The van der Waals surface area contributed by atoms with Crippen molar-refractivity contribution in [2.75, 3.05) is 31.7 Å². The lowest BCUT2D eigenvalue weighted by Gasteiger charge is -2.11. The van der Waals surface area contributed by atoms with Crippen molar-refractivity contribution >= 4 is 23.6 Å². The second-order valence-electron chi connectivity index (χ2n) is 7.38. The molecule has 2 aromatic carbocycles. The van der Waals surface area contributed by atoms with Crippen molar-refractivity contribution in [2.24, 2.45) is 0 Å². The molecular formula is C25H27N3O5. The third kappa shape index (κ3) is 7.66. The van der Waals surface area contributed by atoms with Crippen LogP contribution in [0, 0.1) is 11.3 Å². The first-order valence-electron chi connectivity index (χ1n) is 10.8. The molecule has 1 heterocycles. The predicted octanol–water partition coefficient (Wildman–Crippen LogP) is 3.30. The average molecular weight is 450 g/mol. The summed E-state index contributed by atoms with van der Waals surface area (Å²) in [7, 11) is 0. The summed E-state index contributed by atoms with van der Waals surface area (Å²) in [6, 6.07) is 15.6. The molecule has 1 aliphatic rings. The summed E-state index contributed by atoms with van der Waals surface area (Å²) >= 11 is 0. The Hall–Kier alpha value is -3.83. The fourth-order valence-corrected chi connectivity index (χ4v) is 3.21. The number of ether oxygens (including phenoxy) is 3. The lowest BCUT2D eigenvalue weighted by Crippen LogP contribution is -2.35. The highest BCUT2D eigenvalue weighted by molar-refractivity contribution is 6.09. The van der Waals surface area contributed by atoms with Gasteiger partial charge in [0.1, 0.15) is 23.1 Å². The van der Waals surface area contributed by atoms with Crippen LogP contribution in [0.1, 0.15) is 25.3 Å². The Morgan fingerprint density at radius 1 is 1.12 bits per heavy atom. The van der Waals surface area contributed by atoms with E-state index in [-0.39, 0.29) is 24.2 Å². The zero-order valence-electron chi connectivity index (χ0n) is 18.5. The molecule has 2 N–H and O–H groups in total. The van der Waals surface area contributed by atoms with Gasteiger partial charge >= 0.3 is 0 Å². The van der Waals surface area contributed by atoms with Gasteiger partial charge in [-0.25, -0.2) is 0 Å². The van der Waals surface area contributed by atoms with E-state index in [1.807, 2.05) is 13.0 Å². The van der Waals surface area contributed by atoms with Crippen LogP contribution in [0.3, 0.4) is 0 Å². The minimum absolute atomic E-state index is 0.0361. The molecule has 8 heteroatoms. The maximum absolute atomic E-state index is 12.4. The van der Waals surface area contributed by atoms with Crippen LogP contribution in [0.25, 0.3) is 6.08 Å². The smallest absolute Gasteiger partial charge is 0.266 e. The number of nitriles is 1. The maximum Gasteiger partial charge on any atom is 0.266 e. The third-order valence-corrected chi connectivity index (χ3v) is 4.90. The lowest BCUT2D eigenvalue weighted by molar-refractivity contribution is -0.123. The second kappa shape index (κ2) is 12.3. The summed E-state index contributed by atoms with van der Waals surface area (Å²) in [6.07, 6.45) is 3.55. The van der Waals surface area contributed by atoms with Crippen molar-refractivity contribution in [3.8, 4) is 17.6 Å². The lowest BCUT2D eigenvalue weighted by atomic mass is 10.1. The molecule has 1 fully saturated rings. The molecular weight excluding hydrogens is 422 g/mol. The van der Waals surface area contributed by atoms with Crippen LogP contribution in [0.4, 0.5) is 5.69 Å². The summed E-state index contributed by atoms with van der Waals surface area (Å²) in [6.45, 7) is 3.58. The third-order valence-electron chi connectivity index (χ3n) is 4.90. The van der Waals surface area contributed by atoms with Crippen LogP contribution in [-0.2, 0) is 14.3 Å². The number of nitrogens with zero attached hydrogens (tertiary/aromatic N) is 1. The van der Waals surface area contributed by atoms with Crippen LogP contribution >= 0.6 is 0 Å². The summed E-state index contributed by atoms with van der Waals surface area (Å²) in [5, 5.41) is 14.9. The molecule has 0 saturated carbocycles. The number of amides is 2. The number of carbonyl (C=O) groups excluding carboxylic acids is 2. The molecule has 0 aromatic heterocycles. The zero-order chi connectivity index (χ0) is 23.5. The summed E-state index contributed by atoms with van der Waals surface area (Å²) in [4.78, 5) is 24.4. The molecule has 1 saturated heterocycles. The average Bonchev–Trinajstić information content (AvgIpc) is 3.36. The van der Waals surface area contributed by atoms with Crippen molar-refractivity contribution in [1.82, 2.24) is 5.32 Å². The quantitative estimate of drug-likeness (QED) is 0.425. The van der Waals surface area contributed by atoms with Crippen molar-refractivity contribution in [3.05, 3.63) is 59.7 Å². The van der Waals surface area contributed by atoms with Crippen LogP contribution in [-0.4, -0.2) is 44.3 Å². The topological polar surface area (TPSA) is 110 Å². The Bertz CT molecular complexity index is 1000. The fraction of sp³-hybridized carbons (Fsp3) is 0.320. The maximum atomic E-state index is 12.4. The molecule has 1 aliphatic heterocycles. The highest BCUT2D eigenvalue weighted by atomic mass is 16.5. The first kappa shape index (κ1) is 23.8. The van der Waals surface area contributed by atoms with Crippen LogP contribution < -0.4 is 20.1 Å². The van der Waals surface area contributed by atoms with E-state index in [1.165, 1.54) is 6.08 Å². The minimum Gasteiger partial charge on any atom is -0.494 e. The Morgan fingerprint density at radius 3 is 2.45 bits per heavy atom. The van der Waals surface area contributed by atoms with Gasteiger partial charge in [-0.3, -0.25) is 9.59 Å². The molecule has 33 heavy (non-hydrogen) atoms. The molecule has 0 radical (unpaired) electrons. The van der Waals surface area contributed by atoms with Crippen molar-refractivity contribution in [1.29, 1.82) is 5.26 Å². The van der Waals surface area contributed by atoms with Gasteiger partial charge in [0.25, 0.3) is 11.8 Å². The van der Waals surface area contributed by atoms with E-state index < -0.39 is 5.91 Å². The summed E-state index contributed by atoms with van der Waals surface area (Å²) < 4.78 is 16.3. The van der Waals surface area contributed by atoms with E-state index in [1.54, 1.807) is 48.5 Å². The zero-order valence-corrected chi connectivity index (χ0v) is 18.5. The van der Waals surface area contributed by atoms with Crippen LogP contribution in [0.2, 0.25) is 0 Å². The number of benzene rings is 2. The highest BCUT2D eigenvalue weighted by Gasteiger charge is 2.16. The summed E-state index contributed by atoms with van der Waals surface area (Å²) in [5.74, 6) is 0.489. The van der Waals surface area contributed by atoms with Crippen LogP contribution in [0.15, 0.2) is 54.1 Å². The molecule has 0 bridgehead atoms. The van der Waals surface area contributed by atoms with Gasteiger partial charge in [-0.15, -0.1) is 0 Å². The monoisotopic (exact) mass is 449 g/mol. The number of rotatable bonds is 10. The number of carbonyl (C=O) groups is 2. The highest BCUT2D eigenvalue weighted by Crippen LogP contribution is 2.18. The Kier molecular flexibility index (Phi) is 8.86. The molecule has 1 unspecified atom stereocenters. The van der Waals surface area contributed by atoms with Gasteiger partial charge in [0.2, 0.25) is 0 Å². The Labute approximate surface area is 193 Å². The second-order valence-corrected chi connectivity index (χ2v) is 7.38. The van der Waals surface area contributed by atoms with Crippen molar-refractivity contribution < 1.29 is 23.8 Å². The van der Waals surface area contributed by atoms with Gasteiger partial charge in [0.15, 0.2) is 6.61 Å². The van der Waals surface area contributed by atoms with Gasteiger partial charge in [-0.1, -0.05) is 12.1 Å². The number of anilines is 1. The standard InChI is InChI=1S/C25H27N3O5/c1-2-31-21-11-7-20(8-12-21)28-25(30)19(15-26)14-18-5-9-22(10-6-18)33-17-24(29)27-16-23-4-3-13-32-23/h5-12,14,23H,2-4,13,16-17H2,1H3,(H,27,29)(H,28,30). The van der Waals surface area contributed by atoms with E-state index in [0.29, 0.717) is 35.9 Å². The molecule has 2 aromatic rings. The Morgan fingerprint density at radius 2 is 1.82 bits per heavy atom. The Balaban J connectivity index is 1.50. The molecule has 3 rings (SSSR count). The van der Waals surface area contributed by atoms with E-state index in [0.717, 1.165) is 19.4 Å². The predicted molar refractivity (Wildman–Crippen MR) is 124 cm³/mol. The van der Waals surface area contributed by atoms with Gasteiger partial charge in [0.05, 0.1) is 12.7 Å². The molecule has 172 valence electrons. The molecule has 1 atom stereocenters. The minimum atomic E-state index is -0.509. The van der Waals surface area contributed by atoms with E-state index in [2.05, 4.69) is 10.6 Å². The van der Waals surface area contributed by atoms with Gasteiger partial charge < -0.3 is 24.8 Å². The first-order valence-corrected chi connectivity index (χ1v) is 10.8. The fourth-order valence-electron chi connectivity index (χ4n) is 3.21. The van der Waals surface area contributed by atoms with Crippen LogP contribution in [0.5, 0.6) is 11.5 Å². The van der Waals surface area contributed by atoms with E-state index in [9.17, 15) is 14.9 Å². The number of nitrogens with one attached hydrogen (secondary N) is 2. The van der Waals surface area contributed by atoms with Gasteiger partial charge in [0, 0.05) is 18.8 Å². The molecule has 0 aliphatic carbocycles. The van der Waals surface area contributed by atoms with Crippen molar-refractivity contribution in [3.63, 3.8) is 0 Å².